The number of hydrogen-bond donors (Lipinski definition) is 0. The van der Waals surface area contributed by atoms with Crippen LogP contribution in [-0.4, -0.2) is 51.5 Å². The van der Waals surface area contributed by atoms with Crippen molar-refractivity contribution in [2.45, 2.75) is 26.3 Å². The van der Waals surface area contributed by atoms with E-state index in [1.165, 1.54) is 28.2 Å². The number of benzene rings is 2. The second kappa shape index (κ2) is 8.73. The topological polar surface area (TPSA) is 112 Å². The number of aryl methyl sites for hydroxylation is 1. The van der Waals surface area contributed by atoms with Gasteiger partial charge in [0.2, 0.25) is 0 Å². The second-order valence-electron chi connectivity index (χ2n) is 7.72. The molecule has 10 heteroatoms. The fourth-order valence-corrected chi connectivity index (χ4v) is 3.92. The smallest absolute Gasteiger partial charge is 0.350 e. The van der Waals surface area contributed by atoms with Gasteiger partial charge in [0.25, 0.3) is 5.69 Å². The molecule has 1 aliphatic heterocycles. The highest BCUT2D eigenvalue weighted by Crippen LogP contribution is 2.35. The maximum Gasteiger partial charge on any atom is 0.350 e. The Morgan fingerprint density at radius 3 is 2.52 bits per heavy atom. The number of amides is 1. The van der Waals surface area contributed by atoms with Gasteiger partial charge in [-0.05, 0) is 50.1 Å². The lowest BCUT2D eigenvalue weighted by molar-refractivity contribution is -0.385. The highest BCUT2D eigenvalue weighted by molar-refractivity contribution is 6.14. The summed E-state index contributed by atoms with van der Waals surface area (Å²) in [5.74, 6) is 1.08. The van der Waals surface area contributed by atoms with Gasteiger partial charge in [0, 0.05) is 35.2 Å². The summed E-state index contributed by atoms with van der Waals surface area (Å²) in [4.78, 5) is 28.1. The van der Waals surface area contributed by atoms with Gasteiger partial charge >= 0.3 is 6.03 Å². The summed E-state index contributed by atoms with van der Waals surface area (Å²) in [5, 5.41) is 17.5. The summed E-state index contributed by atoms with van der Waals surface area (Å²) in [6, 6.07) is 7.85. The van der Waals surface area contributed by atoms with Crippen LogP contribution in [-0.2, 0) is 6.42 Å². The maximum atomic E-state index is 13.2. The minimum Gasteiger partial charge on any atom is -0.493 e. The molecular formula is C23H23N5O5. The molecule has 1 aromatic heterocycles. The van der Waals surface area contributed by atoms with Gasteiger partial charge in [-0.3, -0.25) is 14.7 Å². The average Bonchev–Trinajstić information content (AvgIpc) is 3.29. The van der Waals surface area contributed by atoms with Crippen LogP contribution in [0.25, 0.3) is 0 Å². The first-order valence-corrected chi connectivity index (χ1v) is 10.2. The van der Waals surface area contributed by atoms with Gasteiger partial charge in [-0.15, -0.1) is 0 Å². The Kier molecular flexibility index (Phi) is 5.82. The zero-order valence-electron chi connectivity index (χ0n) is 18.7. The lowest BCUT2D eigenvalue weighted by atomic mass is 9.93. The predicted molar refractivity (Wildman–Crippen MR) is 121 cm³/mol. The largest absolute Gasteiger partial charge is 0.493 e. The molecule has 0 saturated heterocycles. The Hall–Kier alpha value is -4.21. The maximum absolute atomic E-state index is 13.2. The zero-order valence-corrected chi connectivity index (χ0v) is 18.7. The van der Waals surface area contributed by atoms with Crippen LogP contribution < -0.4 is 9.47 Å². The molecule has 170 valence electrons. The molecule has 2 heterocycles. The summed E-state index contributed by atoms with van der Waals surface area (Å²) in [6.07, 6.45) is 5.01. The van der Waals surface area contributed by atoms with Gasteiger partial charge < -0.3 is 9.47 Å². The van der Waals surface area contributed by atoms with Crippen molar-refractivity contribution in [2.24, 2.45) is 5.10 Å². The molecule has 10 nitrogen and oxygen atoms in total. The van der Waals surface area contributed by atoms with E-state index in [0.29, 0.717) is 34.8 Å². The quantitative estimate of drug-likeness (QED) is 0.443. The lowest BCUT2D eigenvalue weighted by Crippen LogP contribution is -2.37. The van der Waals surface area contributed by atoms with Crippen molar-refractivity contribution < 1.29 is 19.2 Å². The fourth-order valence-electron chi connectivity index (χ4n) is 3.92. The number of hydrazone groups is 1. The van der Waals surface area contributed by atoms with E-state index >= 15 is 0 Å². The van der Waals surface area contributed by atoms with Crippen molar-refractivity contribution in [3.05, 3.63) is 81.4 Å². The molecule has 0 unspecified atom stereocenters. The first-order chi connectivity index (χ1) is 15.8. The van der Waals surface area contributed by atoms with E-state index in [1.54, 1.807) is 39.5 Å². The third-order valence-corrected chi connectivity index (χ3v) is 5.59. The molecule has 0 N–H and O–H groups in total. The molecule has 1 atom stereocenters. The van der Waals surface area contributed by atoms with Crippen molar-refractivity contribution in [2.75, 3.05) is 14.2 Å². The Balaban J connectivity index is 1.93. The van der Waals surface area contributed by atoms with Crippen LogP contribution in [0, 0.1) is 17.0 Å². The molecule has 0 saturated carbocycles. The van der Waals surface area contributed by atoms with Crippen molar-refractivity contribution in [1.82, 2.24) is 14.6 Å². The van der Waals surface area contributed by atoms with Crippen LogP contribution in [0.5, 0.6) is 11.5 Å². The first kappa shape index (κ1) is 22.0. The third kappa shape index (κ3) is 4.02. The number of rotatable bonds is 4. The second-order valence-corrected chi connectivity index (χ2v) is 7.72. The van der Waals surface area contributed by atoms with Gasteiger partial charge in [-0.1, -0.05) is 0 Å². The molecule has 1 amide bonds. The normalized spacial score (nSPS) is 15.3. The Labute approximate surface area is 190 Å². The molecule has 4 rings (SSSR count). The van der Waals surface area contributed by atoms with Crippen LogP contribution in [0.2, 0.25) is 0 Å². The van der Waals surface area contributed by atoms with Gasteiger partial charge in [-0.25, -0.2) is 14.8 Å². The van der Waals surface area contributed by atoms with E-state index in [0.717, 1.165) is 11.1 Å². The number of ether oxygens (including phenoxy) is 2. The monoisotopic (exact) mass is 449 g/mol. The number of nitro benzene ring substituents is 1. The molecular weight excluding hydrogens is 426 g/mol. The Morgan fingerprint density at radius 1 is 1.18 bits per heavy atom. The van der Waals surface area contributed by atoms with Crippen molar-refractivity contribution in [3.8, 4) is 11.5 Å². The standard InChI is InChI=1S/C23H23N5O5/c1-14-9-16(5-6-19(14)28(30)31)22-18-12-21(33-4)20(32-3)11-17(18)10-15(2)27(25-22)23(29)26-8-7-24-13-26/h5-9,11-13,15H,10H2,1-4H3/t15-/m1/s1. The third-order valence-electron chi connectivity index (χ3n) is 5.59. The minimum atomic E-state index is -0.424. The van der Waals surface area contributed by atoms with Crippen LogP contribution in [0.4, 0.5) is 10.5 Å². The average molecular weight is 449 g/mol. The summed E-state index contributed by atoms with van der Waals surface area (Å²) in [7, 11) is 3.11. The predicted octanol–water partition coefficient (Wildman–Crippen LogP) is 3.78. The zero-order chi connectivity index (χ0) is 23.7. The first-order valence-electron chi connectivity index (χ1n) is 10.2. The lowest BCUT2D eigenvalue weighted by Gasteiger charge is -2.23. The summed E-state index contributed by atoms with van der Waals surface area (Å²) < 4.78 is 12.3. The van der Waals surface area contributed by atoms with Gasteiger partial charge in [0.05, 0.1) is 30.9 Å². The molecule has 0 bridgehead atoms. The summed E-state index contributed by atoms with van der Waals surface area (Å²) in [5.41, 5.74) is 3.32. The molecule has 3 aromatic rings. The van der Waals surface area contributed by atoms with Gasteiger partial charge in [-0.2, -0.15) is 5.10 Å². The number of imidazole rings is 1. The number of carbonyl (C=O) groups is 1. The van der Waals surface area contributed by atoms with Crippen molar-refractivity contribution in [3.63, 3.8) is 0 Å². The minimum absolute atomic E-state index is 0.0141. The molecule has 2 aromatic carbocycles. The molecule has 1 aliphatic rings. The molecule has 0 aliphatic carbocycles. The molecule has 0 spiro atoms. The number of nitro groups is 1. The number of hydrogen-bond acceptors (Lipinski definition) is 7. The Bertz CT molecular complexity index is 1250. The highest BCUT2D eigenvalue weighted by atomic mass is 16.6. The van der Waals surface area contributed by atoms with Crippen LogP contribution >= 0.6 is 0 Å². The van der Waals surface area contributed by atoms with Gasteiger partial charge in [0.1, 0.15) is 6.33 Å². The van der Waals surface area contributed by atoms with E-state index < -0.39 is 4.92 Å². The highest BCUT2D eigenvalue weighted by Gasteiger charge is 2.30. The molecule has 0 radical (unpaired) electrons. The van der Waals surface area contributed by atoms with E-state index in [4.69, 9.17) is 14.6 Å². The summed E-state index contributed by atoms with van der Waals surface area (Å²) >= 11 is 0. The van der Waals surface area contributed by atoms with E-state index in [2.05, 4.69) is 4.98 Å². The fraction of sp³-hybridized carbons (Fsp3) is 0.261. The molecule has 0 fully saturated rings. The number of nitrogens with zero attached hydrogens (tertiary/aromatic N) is 5. The van der Waals surface area contributed by atoms with Crippen molar-refractivity contribution in [1.29, 1.82) is 0 Å². The summed E-state index contributed by atoms with van der Waals surface area (Å²) in [6.45, 7) is 3.58. The molecule has 33 heavy (non-hydrogen) atoms. The van der Waals surface area contributed by atoms with Crippen molar-refractivity contribution >= 4 is 17.4 Å². The van der Waals surface area contributed by atoms with Crippen LogP contribution in [0.15, 0.2) is 54.2 Å². The van der Waals surface area contributed by atoms with Crippen LogP contribution in [0.3, 0.4) is 0 Å². The number of methoxy groups -OCH3 is 2. The van der Waals surface area contributed by atoms with Gasteiger partial charge in [0.15, 0.2) is 11.5 Å². The van der Waals surface area contributed by atoms with E-state index in [1.807, 2.05) is 19.1 Å². The number of aromatic nitrogens is 2. The van der Waals surface area contributed by atoms with E-state index in [-0.39, 0.29) is 17.8 Å². The Morgan fingerprint density at radius 2 is 1.91 bits per heavy atom. The number of fused-ring (bicyclic) bond motifs is 1. The number of carbonyl (C=O) groups excluding carboxylic acids is 1. The van der Waals surface area contributed by atoms with E-state index in [9.17, 15) is 14.9 Å². The SMILES string of the molecule is COc1cc2c(cc1OC)C(c1ccc([N+](=O)[O-])c(C)c1)=NN(C(=O)n1ccnc1)[C@H](C)C2. The van der Waals surface area contributed by atoms with Crippen LogP contribution in [0.1, 0.15) is 29.2 Å².